The standard InChI is InChI=1S/C17H27NO2/c1-13-11-14(2)15(3)17(12-13)20-10-4-7-18-8-5-16(19)6-9-18/h11-12,16,19H,4-10H2,1-3H3. The number of rotatable bonds is 5. The van der Waals surface area contributed by atoms with Gasteiger partial charge in [-0.25, -0.2) is 0 Å². The molecule has 1 aliphatic heterocycles. The first-order valence-corrected chi connectivity index (χ1v) is 7.67. The fraction of sp³-hybridized carbons (Fsp3) is 0.647. The lowest BCUT2D eigenvalue weighted by Gasteiger charge is -2.29. The number of piperidine rings is 1. The van der Waals surface area contributed by atoms with Crippen molar-refractivity contribution >= 4 is 0 Å². The van der Waals surface area contributed by atoms with E-state index in [4.69, 9.17) is 4.74 Å². The van der Waals surface area contributed by atoms with Gasteiger partial charge in [-0.2, -0.15) is 0 Å². The van der Waals surface area contributed by atoms with Gasteiger partial charge in [0.05, 0.1) is 12.7 Å². The van der Waals surface area contributed by atoms with Crippen molar-refractivity contribution in [2.75, 3.05) is 26.2 Å². The topological polar surface area (TPSA) is 32.7 Å². The van der Waals surface area contributed by atoms with Gasteiger partial charge >= 0.3 is 0 Å². The van der Waals surface area contributed by atoms with E-state index >= 15 is 0 Å². The Morgan fingerprint density at radius 2 is 1.90 bits per heavy atom. The van der Waals surface area contributed by atoms with Crippen LogP contribution in [0.15, 0.2) is 12.1 Å². The SMILES string of the molecule is Cc1cc(C)c(C)c(OCCCN2CCC(O)CC2)c1. The maximum atomic E-state index is 9.48. The van der Waals surface area contributed by atoms with Crippen molar-refractivity contribution in [1.29, 1.82) is 0 Å². The first-order chi connectivity index (χ1) is 9.56. The molecule has 0 atom stereocenters. The van der Waals surface area contributed by atoms with Gasteiger partial charge in [0.1, 0.15) is 5.75 Å². The smallest absolute Gasteiger partial charge is 0.122 e. The van der Waals surface area contributed by atoms with E-state index in [9.17, 15) is 5.11 Å². The third-order valence-electron chi connectivity index (χ3n) is 4.20. The second-order valence-corrected chi connectivity index (χ2v) is 5.98. The number of benzene rings is 1. The molecular weight excluding hydrogens is 250 g/mol. The summed E-state index contributed by atoms with van der Waals surface area (Å²) < 4.78 is 5.93. The van der Waals surface area contributed by atoms with Crippen molar-refractivity contribution in [3.05, 3.63) is 28.8 Å². The van der Waals surface area contributed by atoms with Crippen LogP contribution >= 0.6 is 0 Å². The largest absolute Gasteiger partial charge is 0.493 e. The van der Waals surface area contributed by atoms with Gasteiger partial charge in [0.25, 0.3) is 0 Å². The number of hydrogen-bond donors (Lipinski definition) is 1. The average molecular weight is 277 g/mol. The highest BCUT2D eigenvalue weighted by atomic mass is 16.5. The molecule has 2 rings (SSSR count). The Labute approximate surface area is 122 Å². The van der Waals surface area contributed by atoms with Gasteiger partial charge in [-0.3, -0.25) is 0 Å². The van der Waals surface area contributed by atoms with Crippen LogP contribution in [0, 0.1) is 20.8 Å². The zero-order chi connectivity index (χ0) is 14.5. The molecule has 1 aromatic carbocycles. The summed E-state index contributed by atoms with van der Waals surface area (Å²) in [5.74, 6) is 1.02. The molecule has 0 bridgehead atoms. The normalized spacial score (nSPS) is 17.4. The number of aliphatic hydroxyl groups is 1. The number of hydrogen-bond acceptors (Lipinski definition) is 3. The van der Waals surface area contributed by atoms with E-state index in [2.05, 4.69) is 37.8 Å². The molecular formula is C17H27NO2. The Morgan fingerprint density at radius 3 is 2.60 bits per heavy atom. The minimum Gasteiger partial charge on any atom is -0.493 e. The summed E-state index contributed by atoms with van der Waals surface area (Å²) in [5.41, 5.74) is 3.80. The second kappa shape index (κ2) is 7.09. The number of ether oxygens (including phenoxy) is 1. The van der Waals surface area contributed by atoms with Crippen molar-refractivity contribution < 1.29 is 9.84 Å². The Balaban J connectivity index is 1.73. The lowest BCUT2D eigenvalue weighted by atomic mass is 10.1. The highest BCUT2D eigenvalue weighted by molar-refractivity contribution is 5.41. The summed E-state index contributed by atoms with van der Waals surface area (Å²) >= 11 is 0. The van der Waals surface area contributed by atoms with Crippen LogP contribution in [-0.4, -0.2) is 42.4 Å². The number of likely N-dealkylation sites (tertiary alicyclic amines) is 1. The zero-order valence-corrected chi connectivity index (χ0v) is 13.0. The molecule has 1 N–H and O–H groups in total. The molecule has 0 aliphatic carbocycles. The Kier molecular flexibility index (Phi) is 5.44. The summed E-state index contributed by atoms with van der Waals surface area (Å²) in [4.78, 5) is 2.42. The molecule has 0 spiro atoms. The molecule has 0 amide bonds. The van der Waals surface area contributed by atoms with Crippen LogP contribution in [0.2, 0.25) is 0 Å². The minimum absolute atomic E-state index is 0.0829. The Bertz CT molecular complexity index is 437. The van der Waals surface area contributed by atoms with Gasteiger partial charge in [0.15, 0.2) is 0 Å². The molecule has 0 aromatic heterocycles. The van der Waals surface area contributed by atoms with Crippen LogP contribution < -0.4 is 4.74 Å². The van der Waals surface area contributed by atoms with Crippen LogP contribution in [-0.2, 0) is 0 Å². The highest BCUT2D eigenvalue weighted by Gasteiger charge is 2.16. The van der Waals surface area contributed by atoms with Crippen LogP contribution in [0.25, 0.3) is 0 Å². The average Bonchev–Trinajstić information content (AvgIpc) is 2.42. The molecule has 3 heteroatoms. The van der Waals surface area contributed by atoms with Gasteiger partial charge in [-0.15, -0.1) is 0 Å². The predicted molar refractivity (Wildman–Crippen MR) is 82.4 cm³/mol. The van der Waals surface area contributed by atoms with Gasteiger partial charge in [0, 0.05) is 19.6 Å². The molecule has 1 saturated heterocycles. The van der Waals surface area contributed by atoms with E-state index in [0.29, 0.717) is 0 Å². The summed E-state index contributed by atoms with van der Waals surface area (Å²) in [6, 6.07) is 4.32. The summed E-state index contributed by atoms with van der Waals surface area (Å²) in [6.45, 7) is 10.2. The summed E-state index contributed by atoms with van der Waals surface area (Å²) in [5, 5.41) is 9.48. The Morgan fingerprint density at radius 1 is 1.20 bits per heavy atom. The number of nitrogens with zero attached hydrogens (tertiary/aromatic N) is 1. The molecule has 20 heavy (non-hydrogen) atoms. The lowest BCUT2D eigenvalue weighted by Crippen LogP contribution is -2.36. The van der Waals surface area contributed by atoms with Crippen molar-refractivity contribution in [2.24, 2.45) is 0 Å². The minimum atomic E-state index is -0.0829. The van der Waals surface area contributed by atoms with Gasteiger partial charge in [0.2, 0.25) is 0 Å². The fourth-order valence-electron chi connectivity index (χ4n) is 2.76. The van der Waals surface area contributed by atoms with E-state index in [1.54, 1.807) is 0 Å². The molecule has 0 radical (unpaired) electrons. The van der Waals surface area contributed by atoms with Gasteiger partial charge in [-0.1, -0.05) is 6.07 Å². The van der Waals surface area contributed by atoms with Crippen LogP contribution in [0.5, 0.6) is 5.75 Å². The molecule has 112 valence electrons. The molecule has 1 aliphatic rings. The molecule has 3 nitrogen and oxygen atoms in total. The van der Waals surface area contributed by atoms with Crippen molar-refractivity contribution in [3.8, 4) is 5.75 Å². The van der Waals surface area contributed by atoms with E-state index in [1.807, 2.05) is 0 Å². The third-order valence-corrected chi connectivity index (χ3v) is 4.20. The van der Waals surface area contributed by atoms with Crippen LogP contribution in [0.1, 0.15) is 36.0 Å². The Hall–Kier alpha value is -1.06. The van der Waals surface area contributed by atoms with Crippen LogP contribution in [0.3, 0.4) is 0 Å². The highest BCUT2D eigenvalue weighted by Crippen LogP contribution is 2.23. The van der Waals surface area contributed by atoms with Gasteiger partial charge in [-0.05, 0) is 62.8 Å². The lowest BCUT2D eigenvalue weighted by molar-refractivity contribution is 0.0800. The van der Waals surface area contributed by atoms with E-state index in [0.717, 1.165) is 51.3 Å². The number of aryl methyl sites for hydroxylation is 2. The maximum Gasteiger partial charge on any atom is 0.122 e. The van der Waals surface area contributed by atoms with Crippen molar-refractivity contribution in [2.45, 2.75) is 46.1 Å². The molecule has 1 fully saturated rings. The number of aliphatic hydroxyl groups excluding tert-OH is 1. The van der Waals surface area contributed by atoms with E-state index < -0.39 is 0 Å². The molecule has 0 saturated carbocycles. The summed E-state index contributed by atoms with van der Waals surface area (Å²) in [7, 11) is 0. The zero-order valence-electron chi connectivity index (χ0n) is 13.0. The van der Waals surface area contributed by atoms with Crippen molar-refractivity contribution in [1.82, 2.24) is 4.90 Å². The summed E-state index contributed by atoms with van der Waals surface area (Å²) in [6.07, 6.45) is 2.79. The second-order valence-electron chi connectivity index (χ2n) is 5.98. The quantitative estimate of drug-likeness (QED) is 0.840. The first kappa shape index (κ1) is 15.3. The van der Waals surface area contributed by atoms with Crippen LogP contribution in [0.4, 0.5) is 0 Å². The predicted octanol–water partition coefficient (Wildman–Crippen LogP) is 2.84. The van der Waals surface area contributed by atoms with E-state index in [-0.39, 0.29) is 6.10 Å². The molecule has 1 aromatic rings. The first-order valence-electron chi connectivity index (χ1n) is 7.67. The molecule has 0 unspecified atom stereocenters. The fourth-order valence-corrected chi connectivity index (χ4v) is 2.76. The maximum absolute atomic E-state index is 9.48. The van der Waals surface area contributed by atoms with E-state index in [1.165, 1.54) is 16.7 Å². The third kappa shape index (κ3) is 4.22. The van der Waals surface area contributed by atoms with Gasteiger partial charge < -0.3 is 14.7 Å². The van der Waals surface area contributed by atoms with Crippen molar-refractivity contribution in [3.63, 3.8) is 0 Å². The molecule has 1 heterocycles. The monoisotopic (exact) mass is 277 g/mol.